The van der Waals surface area contributed by atoms with Gasteiger partial charge in [-0.25, -0.2) is 20.8 Å². The summed E-state index contributed by atoms with van der Waals surface area (Å²) in [4.78, 5) is 30.9. The van der Waals surface area contributed by atoms with Crippen LogP contribution in [0.2, 0.25) is 0 Å². The van der Waals surface area contributed by atoms with E-state index < -0.39 is 56.7 Å². The van der Waals surface area contributed by atoms with Crippen LogP contribution in [0.15, 0.2) is 133 Å². The van der Waals surface area contributed by atoms with E-state index >= 15 is 0 Å². The lowest BCUT2D eigenvalue weighted by Gasteiger charge is -2.46. The number of carbonyl (C=O) groups is 2. The van der Waals surface area contributed by atoms with Crippen molar-refractivity contribution in [2.45, 2.75) is 83.5 Å². The Morgan fingerprint density at radius 1 is 0.732 bits per heavy atom. The summed E-state index contributed by atoms with van der Waals surface area (Å²) in [6, 6.07) is 41.2. The van der Waals surface area contributed by atoms with Crippen molar-refractivity contribution in [2.24, 2.45) is 5.92 Å². The van der Waals surface area contributed by atoms with Crippen LogP contribution >= 0.6 is 8.53 Å². The highest BCUT2D eigenvalue weighted by Crippen LogP contribution is 2.50. The third kappa shape index (κ3) is 14.3. The van der Waals surface area contributed by atoms with Gasteiger partial charge < -0.3 is 57.1 Å². The molecule has 0 aliphatic carbocycles. The van der Waals surface area contributed by atoms with Crippen molar-refractivity contribution >= 4 is 20.6 Å². The molecule has 1 fully saturated rings. The lowest BCUT2D eigenvalue weighted by molar-refractivity contribution is -0.286. The fourth-order valence-corrected chi connectivity index (χ4v) is 10.2. The Morgan fingerprint density at radius 3 is 1.90 bits per heavy atom. The monoisotopic (exact) mass is 991 g/mol. The molecule has 6 atom stereocenters. The van der Waals surface area contributed by atoms with Crippen LogP contribution in [0.25, 0.3) is 4.85 Å². The Bertz CT molecular complexity index is 2380. The highest BCUT2D eigenvalue weighted by molar-refractivity contribution is 7.44. The highest BCUT2D eigenvalue weighted by atomic mass is 31.2. The Kier molecular flexibility index (Phi) is 20.6. The number of esters is 1. The minimum Gasteiger partial charge on any atom is -0.497 e. The molecule has 16 heteroatoms. The Balaban J connectivity index is 1.35. The van der Waals surface area contributed by atoms with E-state index in [1.165, 1.54) is 0 Å². The molecule has 1 aliphatic rings. The van der Waals surface area contributed by atoms with E-state index in [4.69, 9.17) is 53.5 Å². The molecule has 71 heavy (non-hydrogen) atoms. The van der Waals surface area contributed by atoms with Gasteiger partial charge in [0.1, 0.15) is 48.3 Å². The predicted octanol–water partition coefficient (Wildman–Crippen LogP) is 10.2. The fourth-order valence-electron chi connectivity index (χ4n) is 8.40. The average Bonchev–Trinajstić information content (AvgIpc) is 3.39. The molecule has 0 spiro atoms. The maximum Gasteiger partial charge on any atom is 0.407 e. The molecule has 5 aromatic rings. The SMILES string of the molecule is [C-]#[N+]CCOP(OC1C(C)C(COC(=O)NCc2cccc(OC)c2)OC(OCCOC(c2ccccc2)(c2ccc(OC)cc2)c2ccc(OC)cc2)C1OC(=O)c1ccccc1)N(C(C)C)C(C)C. The van der Waals surface area contributed by atoms with Gasteiger partial charge in [0.15, 0.2) is 12.4 Å². The standard InChI is InChI=1S/C55H66N3O12P/c1-38(2)58(39(3)4)71(67-32-31-56-6)70-50-40(5)49(37-65-54(60)57-36-41-17-16-22-48(35-41)63-9)68-53(51(50)69-52(59)42-18-12-10-13-19-42)64-33-34-66-55(43-20-14-11-15-21-43,44-23-27-46(61-7)28-24-44)45-25-29-47(62-8)30-26-45/h10-30,35,38-40,49-51,53H,31-34,36-37H2,1-5,7-9H3,(H,57,60). The number of alkyl carbamates (subject to hydrolysis) is 1. The van der Waals surface area contributed by atoms with Crippen molar-refractivity contribution in [3.05, 3.63) is 173 Å². The van der Waals surface area contributed by atoms with E-state index in [2.05, 4.69) is 14.8 Å². The molecule has 0 aromatic heterocycles. The normalized spacial score (nSPS) is 18.4. The second-order valence-electron chi connectivity index (χ2n) is 17.3. The first-order chi connectivity index (χ1) is 34.4. The number of nitrogens with zero attached hydrogens (tertiary/aromatic N) is 2. The highest BCUT2D eigenvalue weighted by Gasteiger charge is 2.50. The molecular formula is C55H66N3O12P. The van der Waals surface area contributed by atoms with Crippen LogP contribution in [0.3, 0.4) is 0 Å². The fraction of sp³-hybridized carbons (Fsp3) is 0.400. The number of nitrogens with one attached hydrogen (secondary N) is 1. The molecule has 1 N–H and O–H groups in total. The first-order valence-electron chi connectivity index (χ1n) is 23.7. The van der Waals surface area contributed by atoms with E-state index in [1.807, 2.05) is 144 Å². The van der Waals surface area contributed by atoms with E-state index in [0.717, 1.165) is 22.3 Å². The summed E-state index contributed by atoms with van der Waals surface area (Å²) in [5, 5.41) is 2.81. The quantitative estimate of drug-likeness (QED) is 0.0195. The number of rotatable bonds is 25. The molecule has 1 heterocycles. The van der Waals surface area contributed by atoms with Gasteiger partial charge in [-0.2, -0.15) is 0 Å². The molecule has 6 rings (SSSR count). The zero-order valence-electron chi connectivity index (χ0n) is 41.7. The number of hydrogen-bond donors (Lipinski definition) is 1. The summed E-state index contributed by atoms with van der Waals surface area (Å²) in [5.41, 5.74) is 2.49. The first kappa shape index (κ1) is 54.3. The average molecular weight is 992 g/mol. The lowest BCUT2D eigenvalue weighted by Crippen LogP contribution is -2.58. The minimum atomic E-state index is -1.87. The van der Waals surface area contributed by atoms with Crippen molar-refractivity contribution in [2.75, 3.05) is 54.3 Å². The summed E-state index contributed by atoms with van der Waals surface area (Å²) in [7, 11) is 2.95. The van der Waals surface area contributed by atoms with Gasteiger partial charge >= 0.3 is 12.1 Å². The largest absolute Gasteiger partial charge is 0.497 e. The van der Waals surface area contributed by atoms with Crippen molar-refractivity contribution < 1.29 is 56.5 Å². The van der Waals surface area contributed by atoms with Crippen LogP contribution in [-0.2, 0) is 44.9 Å². The van der Waals surface area contributed by atoms with Crippen LogP contribution in [0.5, 0.6) is 17.2 Å². The molecule has 6 unspecified atom stereocenters. The van der Waals surface area contributed by atoms with E-state index in [-0.39, 0.29) is 51.6 Å². The summed E-state index contributed by atoms with van der Waals surface area (Å²) >= 11 is 0. The Morgan fingerprint density at radius 2 is 1.32 bits per heavy atom. The Hall–Kier alpha value is -6.08. The predicted molar refractivity (Wildman–Crippen MR) is 270 cm³/mol. The van der Waals surface area contributed by atoms with Gasteiger partial charge in [-0.05, 0) is 98.5 Å². The van der Waals surface area contributed by atoms with Gasteiger partial charge in [0.25, 0.3) is 8.53 Å². The van der Waals surface area contributed by atoms with Gasteiger partial charge in [0.05, 0.1) is 40.1 Å². The minimum absolute atomic E-state index is 0.0159. The summed E-state index contributed by atoms with van der Waals surface area (Å²) in [6.07, 6.45) is -4.87. The number of methoxy groups -OCH3 is 3. The van der Waals surface area contributed by atoms with Gasteiger partial charge in [-0.15, -0.1) is 0 Å². The number of ether oxygens (including phenoxy) is 8. The van der Waals surface area contributed by atoms with Crippen LogP contribution in [0.1, 0.15) is 67.2 Å². The second-order valence-corrected chi connectivity index (χ2v) is 18.7. The summed E-state index contributed by atoms with van der Waals surface area (Å²) in [6.45, 7) is 17.7. The summed E-state index contributed by atoms with van der Waals surface area (Å²) < 4.78 is 64.7. The zero-order chi connectivity index (χ0) is 50.8. The molecule has 5 aromatic carbocycles. The number of benzene rings is 5. The number of carbonyl (C=O) groups excluding carboxylic acids is 2. The number of amides is 1. The molecule has 0 saturated carbocycles. The van der Waals surface area contributed by atoms with Crippen LogP contribution in [0.4, 0.5) is 4.79 Å². The molecule has 378 valence electrons. The lowest BCUT2D eigenvalue weighted by atomic mass is 9.80. The van der Waals surface area contributed by atoms with Crippen LogP contribution in [0, 0.1) is 12.5 Å². The maximum atomic E-state index is 14.1. The molecule has 1 saturated heterocycles. The number of hydrogen-bond acceptors (Lipinski definition) is 13. The molecular weight excluding hydrogens is 926 g/mol. The van der Waals surface area contributed by atoms with Crippen molar-refractivity contribution in [3.8, 4) is 17.2 Å². The van der Waals surface area contributed by atoms with Crippen molar-refractivity contribution in [1.29, 1.82) is 0 Å². The molecule has 0 radical (unpaired) electrons. The molecule has 1 amide bonds. The van der Waals surface area contributed by atoms with Crippen molar-refractivity contribution in [3.63, 3.8) is 0 Å². The maximum absolute atomic E-state index is 14.1. The Labute approximate surface area is 419 Å². The second kappa shape index (κ2) is 26.9. The van der Waals surface area contributed by atoms with Crippen molar-refractivity contribution in [1.82, 2.24) is 9.99 Å². The summed E-state index contributed by atoms with van der Waals surface area (Å²) in [5.74, 6) is 0.830. The van der Waals surface area contributed by atoms with E-state index in [9.17, 15) is 9.59 Å². The van der Waals surface area contributed by atoms with Crippen LogP contribution < -0.4 is 19.5 Å². The third-order valence-corrected chi connectivity index (χ3v) is 14.1. The smallest absolute Gasteiger partial charge is 0.407 e. The van der Waals surface area contributed by atoms with Gasteiger partial charge in [0, 0.05) is 24.5 Å². The van der Waals surface area contributed by atoms with Gasteiger partial charge in [-0.1, -0.05) is 91.9 Å². The van der Waals surface area contributed by atoms with E-state index in [0.29, 0.717) is 22.8 Å². The van der Waals surface area contributed by atoms with E-state index in [1.54, 1.807) is 45.6 Å². The zero-order valence-corrected chi connectivity index (χ0v) is 42.6. The third-order valence-electron chi connectivity index (χ3n) is 11.9. The topological polar surface area (TPSA) is 146 Å². The molecule has 15 nitrogen and oxygen atoms in total. The molecule has 1 aliphatic heterocycles. The molecule has 0 bridgehead atoms. The van der Waals surface area contributed by atoms with Gasteiger partial charge in [-0.3, -0.25) is 0 Å². The van der Waals surface area contributed by atoms with Crippen LogP contribution in [-0.4, -0.2) is 108 Å². The van der Waals surface area contributed by atoms with Gasteiger partial charge in [0.2, 0.25) is 6.54 Å². The first-order valence-corrected chi connectivity index (χ1v) is 24.8.